The fraction of sp³-hybridized carbons (Fsp3) is 0.562. The summed E-state index contributed by atoms with van der Waals surface area (Å²) < 4.78 is 0.662. The number of anilines is 1. The van der Waals surface area contributed by atoms with Crippen molar-refractivity contribution in [1.82, 2.24) is 4.90 Å². The van der Waals surface area contributed by atoms with Crippen LogP contribution in [0.1, 0.15) is 29.6 Å². The average Bonchev–Trinajstić information content (AvgIpc) is 2.46. The molecule has 0 aliphatic carbocycles. The van der Waals surface area contributed by atoms with Crippen LogP contribution in [0.5, 0.6) is 0 Å². The summed E-state index contributed by atoms with van der Waals surface area (Å²) >= 11 is 3.38. The van der Waals surface area contributed by atoms with E-state index in [0.717, 1.165) is 30.7 Å². The van der Waals surface area contributed by atoms with Crippen molar-refractivity contribution in [3.8, 4) is 0 Å². The number of benzene rings is 1. The predicted molar refractivity (Wildman–Crippen MR) is 87.1 cm³/mol. The number of carboxylic acids is 1. The second kappa shape index (κ2) is 5.97. The van der Waals surface area contributed by atoms with Crippen molar-refractivity contribution in [2.24, 2.45) is 5.92 Å². The van der Waals surface area contributed by atoms with E-state index in [1.54, 1.807) is 6.07 Å². The molecule has 114 valence electrons. The van der Waals surface area contributed by atoms with E-state index >= 15 is 0 Å². The van der Waals surface area contributed by atoms with Crippen LogP contribution < -0.4 is 4.90 Å². The summed E-state index contributed by atoms with van der Waals surface area (Å²) in [4.78, 5) is 16.0. The summed E-state index contributed by atoms with van der Waals surface area (Å²) in [6.07, 6.45) is 3.78. The van der Waals surface area contributed by atoms with E-state index in [0.29, 0.717) is 10.0 Å². The van der Waals surface area contributed by atoms with Gasteiger partial charge in [-0.2, -0.15) is 0 Å². The number of piperidine rings is 2. The largest absolute Gasteiger partial charge is 0.478 e. The fourth-order valence-corrected chi connectivity index (χ4v) is 4.30. The molecular weight excluding hydrogens is 332 g/mol. The van der Waals surface area contributed by atoms with Crippen molar-refractivity contribution in [2.45, 2.75) is 25.3 Å². The summed E-state index contributed by atoms with van der Waals surface area (Å²) in [5, 5.41) is 9.10. The zero-order chi connectivity index (χ0) is 15.0. The number of hydrogen-bond acceptors (Lipinski definition) is 3. The molecule has 4 nitrogen and oxygen atoms in total. The molecule has 2 heterocycles. The van der Waals surface area contributed by atoms with Crippen molar-refractivity contribution in [1.29, 1.82) is 0 Å². The molecule has 1 N–H and O–H groups in total. The van der Waals surface area contributed by atoms with Gasteiger partial charge in [-0.3, -0.25) is 0 Å². The quantitative estimate of drug-likeness (QED) is 0.888. The molecule has 1 aromatic rings. The van der Waals surface area contributed by atoms with E-state index in [-0.39, 0.29) is 0 Å². The van der Waals surface area contributed by atoms with Crippen molar-refractivity contribution in [3.63, 3.8) is 0 Å². The minimum atomic E-state index is -0.888. The van der Waals surface area contributed by atoms with Crippen LogP contribution >= 0.6 is 15.9 Å². The molecule has 2 fully saturated rings. The average molecular weight is 353 g/mol. The van der Waals surface area contributed by atoms with Gasteiger partial charge >= 0.3 is 5.97 Å². The van der Waals surface area contributed by atoms with Gasteiger partial charge in [-0.15, -0.1) is 0 Å². The van der Waals surface area contributed by atoms with Crippen LogP contribution in [-0.2, 0) is 0 Å². The molecule has 5 heteroatoms. The second-order valence-electron chi connectivity index (χ2n) is 6.15. The number of carbonyl (C=O) groups is 1. The predicted octanol–water partition coefficient (Wildman–Crippen LogP) is 3.07. The van der Waals surface area contributed by atoms with Crippen LogP contribution in [-0.4, -0.2) is 48.7 Å². The van der Waals surface area contributed by atoms with Crippen molar-refractivity contribution in [2.75, 3.05) is 31.6 Å². The molecule has 2 aliphatic heterocycles. The summed E-state index contributed by atoms with van der Waals surface area (Å²) in [5.74, 6) is -0.156. The lowest BCUT2D eigenvalue weighted by Gasteiger charge is -2.46. The molecule has 21 heavy (non-hydrogen) atoms. The minimum absolute atomic E-state index is 0.325. The standard InChI is InChI=1S/C16H21BrN2O2/c1-18-7-2-3-11-10-19(8-6-15(11)18)12-4-5-13(16(20)21)14(17)9-12/h4-5,9,11,15H,2-3,6-8,10H2,1H3,(H,20,21). The lowest BCUT2D eigenvalue weighted by Crippen LogP contribution is -2.52. The van der Waals surface area contributed by atoms with E-state index < -0.39 is 5.97 Å². The Morgan fingerprint density at radius 2 is 2.14 bits per heavy atom. The Morgan fingerprint density at radius 1 is 1.33 bits per heavy atom. The Labute approximate surface area is 133 Å². The van der Waals surface area contributed by atoms with Crippen molar-refractivity contribution in [3.05, 3.63) is 28.2 Å². The molecule has 0 radical (unpaired) electrons. The first-order valence-corrected chi connectivity index (χ1v) is 8.33. The van der Waals surface area contributed by atoms with Crippen LogP contribution in [0, 0.1) is 5.92 Å². The maximum Gasteiger partial charge on any atom is 0.336 e. The number of nitrogens with zero attached hydrogens (tertiary/aromatic N) is 2. The van der Waals surface area contributed by atoms with Gasteiger partial charge in [0.15, 0.2) is 0 Å². The minimum Gasteiger partial charge on any atom is -0.478 e. The van der Waals surface area contributed by atoms with Crippen LogP contribution in [0.15, 0.2) is 22.7 Å². The van der Waals surface area contributed by atoms with E-state index in [1.165, 1.54) is 25.8 Å². The van der Waals surface area contributed by atoms with Crippen molar-refractivity contribution < 1.29 is 9.90 Å². The van der Waals surface area contributed by atoms with Gasteiger partial charge in [0.2, 0.25) is 0 Å². The molecule has 0 saturated carbocycles. The van der Waals surface area contributed by atoms with Crippen LogP contribution in [0.2, 0.25) is 0 Å². The Kier molecular flexibility index (Phi) is 4.22. The smallest absolute Gasteiger partial charge is 0.336 e. The highest BCUT2D eigenvalue weighted by molar-refractivity contribution is 9.10. The zero-order valence-electron chi connectivity index (χ0n) is 12.3. The monoisotopic (exact) mass is 352 g/mol. The highest BCUT2D eigenvalue weighted by Crippen LogP contribution is 2.33. The Balaban J connectivity index is 1.76. The molecule has 2 atom stereocenters. The number of aromatic carboxylic acids is 1. The van der Waals surface area contributed by atoms with E-state index in [2.05, 4.69) is 32.8 Å². The first-order chi connectivity index (χ1) is 10.1. The van der Waals surface area contributed by atoms with Gasteiger partial charge in [0.1, 0.15) is 0 Å². The molecule has 0 bridgehead atoms. The van der Waals surface area contributed by atoms with Crippen LogP contribution in [0.25, 0.3) is 0 Å². The summed E-state index contributed by atoms with van der Waals surface area (Å²) in [5.41, 5.74) is 1.45. The highest BCUT2D eigenvalue weighted by atomic mass is 79.9. The molecule has 0 spiro atoms. The fourth-order valence-electron chi connectivity index (χ4n) is 3.76. The van der Waals surface area contributed by atoms with Crippen molar-refractivity contribution >= 4 is 27.6 Å². The third-order valence-corrected chi connectivity index (χ3v) is 5.55. The summed E-state index contributed by atoms with van der Waals surface area (Å²) in [6.45, 7) is 3.35. The Bertz CT molecular complexity index is 549. The number of hydrogen-bond donors (Lipinski definition) is 1. The van der Waals surface area contributed by atoms with E-state index in [1.807, 2.05) is 12.1 Å². The SMILES string of the molecule is CN1CCCC2CN(c3ccc(C(=O)O)c(Br)c3)CCC21. The first kappa shape index (κ1) is 14.9. The van der Waals surface area contributed by atoms with Crippen LogP contribution in [0.4, 0.5) is 5.69 Å². The number of fused-ring (bicyclic) bond motifs is 1. The lowest BCUT2D eigenvalue weighted by atomic mass is 9.84. The first-order valence-electron chi connectivity index (χ1n) is 7.54. The van der Waals surface area contributed by atoms with Gasteiger partial charge in [0.25, 0.3) is 0 Å². The zero-order valence-corrected chi connectivity index (χ0v) is 13.8. The van der Waals surface area contributed by atoms with E-state index in [9.17, 15) is 4.79 Å². The normalized spacial score (nSPS) is 26.5. The molecule has 0 amide bonds. The van der Waals surface area contributed by atoms with Gasteiger partial charge in [0, 0.05) is 29.3 Å². The molecule has 1 aromatic carbocycles. The molecule has 2 aliphatic rings. The third kappa shape index (κ3) is 2.94. The number of carboxylic acid groups (broad SMARTS) is 1. The second-order valence-corrected chi connectivity index (χ2v) is 7.01. The van der Waals surface area contributed by atoms with Gasteiger partial charge in [-0.1, -0.05) is 0 Å². The highest BCUT2D eigenvalue weighted by Gasteiger charge is 2.34. The number of likely N-dealkylation sites (tertiary alicyclic amines) is 1. The maximum atomic E-state index is 11.1. The topological polar surface area (TPSA) is 43.8 Å². The Morgan fingerprint density at radius 3 is 2.86 bits per heavy atom. The van der Waals surface area contributed by atoms with Gasteiger partial charge < -0.3 is 14.9 Å². The summed E-state index contributed by atoms with van der Waals surface area (Å²) in [6, 6.07) is 6.29. The maximum absolute atomic E-state index is 11.1. The van der Waals surface area contributed by atoms with Gasteiger partial charge in [-0.05, 0) is 72.9 Å². The van der Waals surface area contributed by atoms with Crippen LogP contribution in [0.3, 0.4) is 0 Å². The number of halogens is 1. The molecule has 2 unspecified atom stereocenters. The molecule has 0 aromatic heterocycles. The van der Waals surface area contributed by atoms with E-state index in [4.69, 9.17) is 5.11 Å². The third-order valence-electron chi connectivity index (χ3n) is 4.89. The molecular formula is C16H21BrN2O2. The Hall–Kier alpha value is -1.07. The van der Waals surface area contributed by atoms with Gasteiger partial charge in [-0.25, -0.2) is 4.79 Å². The lowest BCUT2D eigenvalue weighted by molar-refractivity contribution is 0.0696. The molecule has 2 saturated heterocycles. The molecule has 3 rings (SSSR count). The number of rotatable bonds is 2. The summed E-state index contributed by atoms with van der Waals surface area (Å²) in [7, 11) is 2.24. The van der Waals surface area contributed by atoms with Gasteiger partial charge in [0.05, 0.1) is 5.56 Å².